The predicted octanol–water partition coefficient (Wildman–Crippen LogP) is 3.17. The highest BCUT2D eigenvalue weighted by atomic mass is 16.3. The van der Waals surface area contributed by atoms with Crippen molar-refractivity contribution >= 4 is 22.5 Å². The minimum atomic E-state index is -0.330. The average molecular weight is 419 g/mol. The Labute approximate surface area is 182 Å². The summed E-state index contributed by atoms with van der Waals surface area (Å²) in [5.74, 6) is 1.04. The fourth-order valence-electron chi connectivity index (χ4n) is 5.30. The molecule has 3 aromatic rings. The van der Waals surface area contributed by atoms with Crippen LogP contribution in [0.25, 0.3) is 16.7 Å². The third-order valence-electron chi connectivity index (χ3n) is 7.01. The van der Waals surface area contributed by atoms with Crippen molar-refractivity contribution in [2.24, 2.45) is 16.3 Å². The molecule has 1 aliphatic carbocycles. The van der Waals surface area contributed by atoms with E-state index in [9.17, 15) is 0 Å². The molecule has 7 nitrogen and oxygen atoms in total. The van der Waals surface area contributed by atoms with Gasteiger partial charge in [-0.25, -0.2) is 15.0 Å². The third-order valence-corrected chi connectivity index (χ3v) is 7.01. The lowest BCUT2D eigenvalue weighted by molar-refractivity contribution is 0.175. The molecule has 2 unspecified atom stereocenters. The fraction of sp³-hybridized carbons (Fsp3) is 0.500. The zero-order chi connectivity index (χ0) is 21.6. The smallest absolute Gasteiger partial charge is 0.226 e. The summed E-state index contributed by atoms with van der Waals surface area (Å²) in [6, 6.07) is 3.97. The van der Waals surface area contributed by atoms with Crippen LogP contribution in [0.5, 0.6) is 0 Å². The van der Waals surface area contributed by atoms with Crippen molar-refractivity contribution < 1.29 is 4.42 Å². The number of fused-ring (bicyclic) bond motifs is 4. The largest absolute Gasteiger partial charge is 0.432 e. The van der Waals surface area contributed by atoms with Crippen molar-refractivity contribution in [1.82, 2.24) is 20.3 Å². The molecule has 2 aliphatic rings. The van der Waals surface area contributed by atoms with Gasteiger partial charge in [0, 0.05) is 24.9 Å². The molecule has 0 saturated heterocycles. The summed E-state index contributed by atoms with van der Waals surface area (Å²) in [5.41, 5.74) is 4.65. The zero-order valence-corrected chi connectivity index (χ0v) is 18.7. The molecule has 2 atom stereocenters. The van der Waals surface area contributed by atoms with Gasteiger partial charge in [0.1, 0.15) is 17.5 Å². The molecule has 0 bridgehead atoms. The Morgan fingerprint density at radius 3 is 2.87 bits per heavy atom. The van der Waals surface area contributed by atoms with Gasteiger partial charge in [0.2, 0.25) is 5.55 Å². The van der Waals surface area contributed by atoms with Crippen molar-refractivity contribution in [2.45, 2.75) is 58.7 Å². The van der Waals surface area contributed by atoms with Crippen LogP contribution in [-0.4, -0.2) is 27.7 Å². The van der Waals surface area contributed by atoms with E-state index in [1.807, 2.05) is 25.4 Å². The number of hydrogen-bond acceptors (Lipinski definition) is 7. The van der Waals surface area contributed by atoms with Gasteiger partial charge in [0.15, 0.2) is 11.4 Å². The van der Waals surface area contributed by atoms with Crippen LogP contribution in [0.1, 0.15) is 52.0 Å². The lowest BCUT2D eigenvalue weighted by Crippen LogP contribution is -2.56. The maximum absolute atomic E-state index is 6.36. The van der Waals surface area contributed by atoms with Crippen LogP contribution in [0, 0.1) is 11.3 Å². The van der Waals surface area contributed by atoms with Gasteiger partial charge >= 0.3 is 0 Å². The van der Waals surface area contributed by atoms with Gasteiger partial charge in [-0.2, -0.15) is 0 Å². The highest BCUT2D eigenvalue weighted by Gasteiger charge is 2.45. The number of nitrogens with zero attached hydrogens (tertiary/aromatic N) is 4. The van der Waals surface area contributed by atoms with Crippen molar-refractivity contribution in [2.75, 3.05) is 12.4 Å². The summed E-state index contributed by atoms with van der Waals surface area (Å²) in [5, 5.41) is 8.02. The highest BCUT2D eigenvalue weighted by molar-refractivity contribution is 5.85. The minimum absolute atomic E-state index is 0.256. The molecule has 3 aromatic heterocycles. The van der Waals surface area contributed by atoms with Crippen molar-refractivity contribution in [3.8, 4) is 0 Å². The summed E-state index contributed by atoms with van der Waals surface area (Å²) in [6.45, 7) is 7.52. The number of rotatable bonds is 5. The second-order valence-electron chi connectivity index (χ2n) is 9.49. The zero-order valence-electron chi connectivity index (χ0n) is 18.7. The van der Waals surface area contributed by atoms with E-state index in [-0.39, 0.29) is 11.1 Å². The first-order valence-corrected chi connectivity index (χ1v) is 11.1. The van der Waals surface area contributed by atoms with Crippen LogP contribution >= 0.6 is 0 Å². The van der Waals surface area contributed by atoms with E-state index in [0.29, 0.717) is 29.4 Å². The highest BCUT2D eigenvalue weighted by Crippen LogP contribution is 2.48. The first-order valence-electron chi connectivity index (χ1n) is 11.1. The number of furan rings is 1. The summed E-state index contributed by atoms with van der Waals surface area (Å²) in [7, 11) is 2.01. The van der Waals surface area contributed by atoms with Gasteiger partial charge in [-0.05, 0) is 55.3 Å². The van der Waals surface area contributed by atoms with Gasteiger partial charge in [-0.3, -0.25) is 10.3 Å². The summed E-state index contributed by atoms with van der Waals surface area (Å²) >= 11 is 0. The van der Waals surface area contributed by atoms with E-state index < -0.39 is 0 Å². The van der Waals surface area contributed by atoms with E-state index in [0.717, 1.165) is 35.6 Å². The molecule has 2 N–H and O–H groups in total. The summed E-state index contributed by atoms with van der Waals surface area (Å²) in [6.07, 6.45) is 9.48. The fourth-order valence-corrected chi connectivity index (χ4v) is 5.30. The standard InChI is InChI=1S/C24H30N6O/c1-5-24(25-4)17-8-9-23(2,3)11-16(17)18-19-20(31-22(18)30-24)21(29-14-28-19)27-13-15-7-6-10-26-12-15/h6-7,10,12,14,17,25H,5,8-9,11,13H2,1-4H3,(H,27,28,29). The molecule has 31 heavy (non-hydrogen) atoms. The van der Waals surface area contributed by atoms with Crippen LogP contribution in [0.2, 0.25) is 0 Å². The molecule has 7 heteroatoms. The van der Waals surface area contributed by atoms with E-state index in [2.05, 4.69) is 46.4 Å². The Bertz CT molecular complexity index is 1230. The first-order chi connectivity index (χ1) is 15.0. The Morgan fingerprint density at radius 2 is 2.13 bits per heavy atom. The molecule has 162 valence electrons. The lowest BCUT2D eigenvalue weighted by atomic mass is 9.65. The van der Waals surface area contributed by atoms with Crippen LogP contribution in [0.4, 0.5) is 5.82 Å². The second kappa shape index (κ2) is 7.41. The van der Waals surface area contributed by atoms with E-state index >= 15 is 0 Å². The maximum atomic E-state index is 6.36. The van der Waals surface area contributed by atoms with Crippen LogP contribution in [0.15, 0.2) is 40.3 Å². The Balaban J connectivity index is 1.69. The van der Waals surface area contributed by atoms with Gasteiger partial charge in [0.05, 0.1) is 5.22 Å². The number of nitrogens with one attached hydrogen (secondary N) is 2. The number of pyridine rings is 1. The normalized spacial score (nSPS) is 24.4. The van der Waals surface area contributed by atoms with E-state index in [4.69, 9.17) is 9.41 Å². The lowest BCUT2D eigenvalue weighted by Gasteiger charge is -2.46. The molecule has 0 radical (unpaired) electrons. The van der Waals surface area contributed by atoms with Gasteiger partial charge in [0.25, 0.3) is 0 Å². The average Bonchev–Trinajstić information content (AvgIpc) is 3.16. The summed E-state index contributed by atoms with van der Waals surface area (Å²) in [4.78, 5) is 18.4. The Morgan fingerprint density at radius 1 is 1.26 bits per heavy atom. The minimum Gasteiger partial charge on any atom is -0.432 e. The Hall–Kier alpha value is -2.80. The Kier molecular flexibility index (Phi) is 4.81. The number of aromatic nitrogens is 3. The molecule has 0 aromatic carbocycles. The predicted molar refractivity (Wildman–Crippen MR) is 121 cm³/mol. The molecular formula is C24H30N6O. The molecule has 0 amide bonds. The monoisotopic (exact) mass is 418 g/mol. The summed E-state index contributed by atoms with van der Waals surface area (Å²) < 4.78 is 6.36. The molecular weight excluding hydrogens is 388 g/mol. The van der Waals surface area contributed by atoms with Crippen molar-refractivity contribution in [1.29, 1.82) is 0 Å². The second-order valence-corrected chi connectivity index (χ2v) is 9.49. The SMILES string of the molecule is CCC1(NC)N=c2oc3c(NCc4cccnc4)ncnc3c2=C2CC(C)(C)CCC21. The maximum Gasteiger partial charge on any atom is 0.226 e. The molecule has 4 heterocycles. The van der Waals surface area contributed by atoms with Gasteiger partial charge in [-0.15, -0.1) is 0 Å². The molecule has 1 saturated carbocycles. The van der Waals surface area contributed by atoms with Crippen LogP contribution in [-0.2, 0) is 6.54 Å². The van der Waals surface area contributed by atoms with Crippen molar-refractivity contribution in [3.05, 3.63) is 47.2 Å². The van der Waals surface area contributed by atoms with Gasteiger partial charge < -0.3 is 9.73 Å². The number of anilines is 1. The van der Waals surface area contributed by atoms with E-state index in [1.165, 1.54) is 12.0 Å². The third kappa shape index (κ3) is 3.31. The molecule has 1 aliphatic heterocycles. The molecule has 1 fully saturated rings. The van der Waals surface area contributed by atoms with Gasteiger partial charge in [-0.1, -0.05) is 26.8 Å². The number of hydrogen-bond donors (Lipinski definition) is 2. The topological polar surface area (TPSA) is 88.2 Å². The van der Waals surface area contributed by atoms with Crippen molar-refractivity contribution in [3.63, 3.8) is 0 Å². The molecule has 0 spiro atoms. The van der Waals surface area contributed by atoms with Crippen LogP contribution < -0.4 is 21.4 Å². The van der Waals surface area contributed by atoms with Crippen LogP contribution in [0.3, 0.4) is 0 Å². The first kappa shape index (κ1) is 20.1. The molecule has 5 rings (SSSR count). The van der Waals surface area contributed by atoms with E-state index in [1.54, 1.807) is 12.5 Å². The quantitative estimate of drug-likeness (QED) is 0.662.